The van der Waals surface area contributed by atoms with Crippen LogP contribution in [0.25, 0.3) is 0 Å². The van der Waals surface area contributed by atoms with Crippen LogP contribution in [-0.4, -0.2) is 248 Å². The second-order valence-corrected chi connectivity index (χ2v) is 32.0. The fraction of sp³-hybridized carbons (Fsp3) is 0.819. The minimum Gasteiger partial charge on any atom is -0.481 e. The minimum absolute atomic E-state index is 0.00217. The van der Waals surface area contributed by atoms with Crippen LogP contribution in [-0.2, 0) is 57.5 Å². The van der Waals surface area contributed by atoms with Gasteiger partial charge in [-0.25, -0.2) is 0 Å². The summed E-state index contributed by atoms with van der Waals surface area (Å²) in [5.41, 5.74) is 0. The summed E-state index contributed by atoms with van der Waals surface area (Å²) in [6.07, 6.45) is 0.551. The van der Waals surface area contributed by atoms with Crippen molar-refractivity contribution in [1.29, 1.82) is 0 Å². The Morgan fingerprint density at radius 2 is 1.04 bits per heavy atom. The molecule has 0 aromatic rings. The number of amides is 8. The van der Waals surface area contributed by atoms with Crippen molar-refractivity contribution in [1.82, 2.24) is 44.9 Å². The number of carboxylic acids is 1. The van der Waals surface area contributed by atoms with Crippen LogP contribution in [0.5, 0.6) is 0 Å². The lowest BCUT2D eigenvalue weighted by Crippen LogP contribution is -2.62. The van der Waals surface area contributed by atoms with Crippen LogP contribution in [0, 0.1) is 59.2 Å². The molecule has 8 amide bonds. The zero-order valence-electron chi connectivity index (χ0n) is 63.0. The molecule has 3 aliphatic rings. The predicted octanol–water partition coefficient (Wildman–Crippen LogP) is 6.46. The van der Waals surface area contributed by atoms with Gasteiger partial charge in [0, 0.05) is 110 Å². The standard InChI is InChI=1S/C72H124N10O14S/c1-24-48-35-57(85)64(65(89)45(14)34-59-74-50-38-97-58(62(50)75-59)27-25-26-28-61(87)88)82(23)72(96)63(44(12)13)81(22)71(95)54(32-42(8)9)80(21)70(94)53(31-41(6)7)79(20)67(91)47(16)73-66(90)46(15)33-55(83)52(30-40(4)5)78(19)69(93)49(43(10)11)36-56(84)51(29-39(2)3)77(18)60(86)37-76(17)68(48)92/h39-54,58,62-65,89H,24-38H2,1-23H3,(H,73,90)(H,74,75)(H,87,88)/t45-,46-,47-,48-,49+,50-,51+,52+,53+,54+,58-,62-,63+,64-,65-/m1/s1. The molecule has 4 N–H and O–H groups in total. The van der Waals surface area contributed by atoms with Crippen LogP contribution in [0.15, 0.2) is 4.99 Å². The number of unbranched alkanes of at least 4 members (excludes halogenated alkanes) is 1. The van der Waals surface area contributed by atoms with Crippen molar-refractivity contribution in [3.63, 3.8) is 0 Å². The third-order valence-corrected chi connectivity index (χ3v) is 21.4. The van der Waals surface area contributed by atoms with Gasteiger partial charge in [0.15, 0.2) is 17.3 Å². The summed E-state index contributed by atoms with van der Waals surface area (Å²) in [6.45, 7) is 28.2. The Morgan fingerprint density at radius 1 is 0.557 bits per heavy atom. The first-order valence-electron chi connectivity index (χ1n) is 35.6. The summed E-state index contributed by atoms with van der Waals surface area (Å²) in [6, 6.07) is -8.48. The molecule has 0 unspecified atom stereocenters. The van der Waals surface area contributed by atoms with Crippen molar-refractivity contribution in [2.75, 3.05) is 61.6 Å². The van der Waals surface area contributed by atoms with Gasteiger partial charge in [0.05, 0.1) is 42.7 Å². The quantitative estimate of drug-likeness (QED) is 0.0950. The number of carbonyl (C=O) groups excluding carboxylic acids is 11. The Bertz CT molecular complexity index is 2780. The maximum Gasteiger partial charge on any atom is 0.303 e. The van der Waals surface area contributed by atoms with Gasteiger partial charge in [-0.05, 0) is 93.3 Å². The van der Waals surface area contributed by atoms with Gasteiger partial charge in [0.2, 0.25) is 47.3 Å². The van der Waals surface area contributed by atoms with Crippen molar-refractivity contribution in [3.8, 4) is 0 Å². The number of ketones is 3. The van der Waals surface area contributed by atoms with Gasteiger partial charge in [0.25, 0.3) is 0 Å². The topological polar surface area (TPSA) is 304 Å². The first kappa shape index (κ1) is 85.2. The number of aliphatic hydroxyl groups excluding tert-OH is 1. The summed E-state index contributed by atoms with van der Waals surface area (Å²) in [5, 5.41) is 28.3. The molecule has 0 aromatic carbocycles. The van der Waals surface area contributed by atoms with E-state index >= 15 is 19.2 Å². The second kappa shape index (κ2) is 38.6. The predicted molar refractivity (Wildman–Crippen MR) is 378 cm³/mol. The van der Waals surface area contributed by atoms with E-state index in [-0.39, 0.29) is 98.8 Å². The number of nitrogens with zero attached hydrogens (tertiary/aromatic N) is 8. The van der Waals surface area contributed by atoms with Crippen LogP contribution in [0.4, 0.5) is 0 Å². The first-order chi connectivity index (χ1) is 45.0. The maximum absolute atomic E-state index is 15.6. The minimum atomic E-state index is -1.59. The SMILES string of the molecule is CC[C@@H]1CC(=O)[C@H]([C@H](O)[C@H](C)CC2=N[C@@H]3[C@@H](CS[C@@H]3CCCCC(=O)O)N2)N(C)C(=O)[C@H](C(C)C)N(C)C(=O)[C@H](CC(C)C)N(C)C(=O)[C@H](CC(C)C)N(C)C(=O)[C@@H](C)NC(=O)[C@H](C)CC(=O)[C@H](CC(C)C)N(C)C(=O)[C@H](C(C)C)CC(=O)[C@H](CC(C)C)N(C)C(=O)CN(C)C1=O. The lowest BCUT2D eigenvalue weighted by atomic mass is 9.84. The number of thioether (sulfide) groups is 1. The summed E-state index contributed by atoms with van der Waals surface area (Å²) in [4.78, 5) is 188. The number of carbonyl (C=O) groups is 12. The van der Waals surface area contributed by atoms with Crippen molar-refractivity contribution >= 4 is 88.2 Å². The Hall–Kier alpha value is -5.98. The Balaban J connectivity index is 2.29. The van der Waals surface area contributed by atoms with Crippen LogP contribution >= 0.6 is 11.8 Å². The maximum atomic E-state index is 15.6. The number of likely N-dealkylation sites (N-methyl/N-ethyl adjacent to an activating group) is 7. The third kappa shape index (κ3) is 23.6. The van der Waals surface area contributed by atoms with Crippen molar-refractivity contribution < 1.29 is 67.7 Å². The van der Waals surface area contributed by atoms with Gasteiger partial charge in [-0.15, -0.1) is 0 Å². The fourth-order valence-corrected chi connectivity index (χ4v) is 15.4. The summed E-state index contributed by atoms with van der Waals surface area (Å²) < 4.78 is 0. The van der Waals surface area contributed by atoms with E-state index in [1.165, 1.54) is 85.7 Å². The summed E-state index contributed by atoms with van der Waals surface area (Å²) in [5.74, 6) is -10.9. The van der Waals surface area contributed by atoms with Gasteiger partial charge in [0.1, 0.15) is 30.2 Å². The molecule has 0 spiro atoms. The number of hydrogen-bond donors (Lipinski definition) is 4. The van der Waals surface area contributed by atoms with E-state index < -0.39 is 167 Å². The van der Waals surface area contributed by atoms with E-state index in [0.29, 0.717) is 12.3 Å². The van der Waals surface area contributed by atoms with Gasteiger partial charge >= 0.3 is 5.97 Å². The molecule has 3 rings (SSSR count). The molecule has 0 saturated carbocycles. The van der Waals surface area contributed by atoms with Crippen LogP contribution in [0.1, 0.15) is 194 Å². The van der Waals surface area contributed by atoms with Crippen LogP contribution in [0.3, 0.4) is 0 Å². The largest absolute Gasteiger partial charge is 0.481 e. The van der Waals surface area contributed by atoms with E-state index in [4.69, 9.17) is 4.99 Å². The second-order valence-electron chi connectivity index (χ2n) is 30.8. The summed E-state index contributed by atoms with van der Waals surface area (Å²) >= 11 is 1.78. The van der Waals surface area contributed by atoms with Gasteiger partial charge < -0.3 is 55.1 Å². The molecule has 25 heteroatoms. The molecule has 0 radical (unpaired) electrons. The Morgan fingerprint density at radius 3 is 1.55 bits per heavy atom. The fourth-order valence-electron chi connectivity index (χ4n) is 13.9. The van der Waals surface area contributed by atoms with E-state index in [9.17, 15) is 48.6 Å². The zero-order valence-corrected chi connectivity index (χ0v) is 63.8. The molecule has 0 bridgehead atoms. The smallest absolute Gasteiger partial charge is 0.303 e. The average molecular weight is 1390 g/mol. The third-order valence-electron chi connectivity index (χ3n) is 19.9. The van der Waals surface area contributed by atoms with Crippen LogP contribution in [0.2, 0.25) is 0 Å². The highest BCUT2D eigenvalue weighted by atomic mass is 32.2. The highest BCUT2D eigenvalue weighted by Crippen LogP contribution is 2.37. The monoisotopic (exact) mass is 1380 g/mol. The molecule has 15 atom stereocenters. The number of aliphatic imine (C=N–C) groups is 1. The highest BCUT2D eigenvalue weighted by Gasteiger charge is 2.47. The Kier molecular flexibility index (Phi) is 33.9. The number of hydrogen-bond acceptors (Lipinski definition) is 16. The molecular formula is C72H124N10O14S. The van der Waals surface area contributed by atoms with Crippen molar-refractivity contribution in [2.24, 2.45) is 64.2 Å². The van der Waals surface area contributed by atoms with Gasteiger partial charge in [-0.1, -0.05) is 110 Å². The summed E-state index contributed by atoms with van der Waals surface area (Å²) in [7, 11) is 10.2. The number of rotatable bonds is 20. The number of aliphatic hydroxyl groups is 1. The van der Waals surface area contributed by atoms with E-state index in [2.05, 4.69) is 10.6 Å². The molecule has 3 heterocycles. The van der Waals surface area contributed by atoms with E-state index in [1.54, 1.807) is 60.2 Å². The molecule has 0 aliphatic carbocycles. The molecular weight excluding hydrogens is 1260 g/mol. The molecule has 97 heavy (non-hydrogen) atoms. The van der Waals surface area contributed by atoms with Gasteiger partial charge in [-0.2, -0.15) is 11.8 Å². The highest BCUT2D eigenvalue weighted by molar-refractivity contribution is 8.00. The van der Waals surface area contributed by atoms with Crippen molar-refractivity contribution in [2.45, 2.75) is 260 Å². The Labute approximate surface area is 584 Å². The van der Waals surface area contributed by atoms with Crippen LogP contribution < -0.4 is 10.6 Å². The lowest BCUT2D eigenvalue weighted by Gasteiger charge is -2.41. The van der Waals surface area contributed by atoms with E-state index in [0.717, 1.165) is 23.5 Å². The normalized spacial score (nSPS) is 28.7. The number of Topliss-reactive ketones (excluding diaryl/α,β-unsaturated/α-hetero) is 3. The molecule has 552 valence electrons. The zero-order chi connectivity index (χ0) is 74.1. The molecule has 2 fully saturated rings. The first-order valence-corrected chi connectivity index (χ1v) is 36.6. The number of nitrogens with one attached hydrogen (secondary N) is 2. The van der Waals surface area contributed by atoms with Gasteiger partial charge in [-0.3, -0.25) is 62.5 Å². The number of amidine groups is 1. The van der Waals surface area contributed by atoms with Crippen molar-refractivity contribution in [3.05, 3.63) is 0 Å². The number of aliphatic carboxylic acids is 1. The van der Waals surface area contributed by atoms with E-state index in [1.807, 2.05) is 55.4 Å². The molecule has 2 saturated heterocycles. The molecule has 3 aliphatic heterocycles. The average Bonchev–Trinajstić information content (AvgIpc) is 1.63. The molecule has 24 nitrogen and oxygen atoms in total. The number of fused-ring (bicyclic) bond motifs is 1. The molecule has 0 aromatic heterocycles. The number of carboxylic acid groups (broad SMARTS) is 1. The lowest BCUT2D eigenvalue weighted by molar-refractivity contribution is -0.157.